The number of thiazole rings is 1. The van der Waals surface area contributed by atoms with Crippen LogP contribution in [0.2, 0.25) is 0 Å². The number of anilines is 1. The molecular formula is C12H23N5S. The van der Waals surface area contributed by atoms with Crippen LogP contribution in [0.3, 0.4) is 0 Å². The molecule has 0 amide bonds. The molecule has 6 heteroatoms. The van der Waals surface area contributed by atoms with Gasteiger partial charge in [-0.15, -0.1) is 11.3 Å². The van der Waals surface area contributed by atoms with Gasteiger partial charge in [-0.3, -0.25) is 4.90 Å². The molecule has 1 aliphatic heterocycles. The summed E-state index contributed by atoms with van der Waals surface area (Å²) in [6.07, 6.45) is 1.90. The lowest BCUT2D eigenvalue weighted by atomic mass is 10.3. The van der Waals surface area contributed by atoms with Crippen molar-refractivity contribution < 1.29 is 0 Å². The molecule has 0 spiro atoms. The van der Waals surface area contributed by atoms with Gasteiger partial charge in [0.05, 0.1) is 0 Å². The fourth-order valence-corrected chi connectivity index (χ4v) is 2.88. The Morgan fingerprint density at radius 3 is 2.61 bits per heavy atom. The van der Waals surface area contributed by atoms with Crippen LogP contribution in [0.15, 0.2) is 6.20 Å². The molecule has 1 fully saturated rings. The van der Waals surface area contributed by atoms with Crippen LogP contribution in [-0.4, -0.2) is 68.1 Å². The first-order valence-corrected chi connectivity index (χ1v) is 7.27. The Kier molecular flexibility index (Phi) is 4.94. The van der Waals surface area contributed by atoms with Crippen LogP contribution < -0.4 is 10.6 Å². The molecule has 18 heavy (non-hydrogen) atoms. The zero-order valence-electron chi connectivity index (χ0n) is 11.3. The van der Waals surface area contributed by atoms with Crippen LogP contribution in [-0.2, 0) is 6.54 Å². The molecule has 1 aromatic heterocycles. The summed E-state index contributed by atoms with van der Waals surface area (Å²) in [4.78, 5) is 12.7. The lowest BCUT2D eigenvalue weighted by Gasteiger charge is -2.35. The molecule has 1 aliphatic rings. The van der Waals surface area contributed by atoms with Crippen LogP contribution in [0.25, 0.3) is 0 Å². The van der Waals surface area contributed by atoms with E-state index in [0.29, 0.717) is 6.54 Å². The van der Waals surface area contributed by atoms with E-state index in [1.807, 2.05) is 6.20 Å². The van der Waals surface area contributed by atoms with Crippen molar-refractivity contribution >= 4 is 16.5 Å². The van der Waals surface area contributed by atoms with Crippen molar-refractivity contribution in [3.8, 4) is 0 Å². The quantitative estimate of drug-likeness (QED) is 0.832. The van der Waals surface area contributed by atoms with E-state index >= 15 is 0 Å². The molecule has 102 valence electrons. The summed E-state index contributed by atoms with van der Waals surface area (Å²) in [6, 6.07) is 0. The Morgan fingerprint density at radius 2 is 2.06 bits per heavy atom. The van der Waals surface area contributed by atoms with Gasteiger partial charge in [-0.05, 0) is 14.1 Å². The molecule has 2 N–H and O–H groups in total. The van der Waals surface area contributed by atoms with Crippen LogP contribution in [0.4, 0.5) is 5.13 Å². The summed E-state index contributed by atoms with van der Waals surface area (Å²) in [6.45, 7) is 7.30. The van der Waals surface area contributed by atoms with Crippen molar-refractivity contribution in [1.29, 1.82) is 0 Å². The topological polar surface area (TPSA) is 48.6 Å². The van der Waals surface area contributed by atoms with Crippen LogP contribution in [0.5, 0.6) is 0 Å². The normalized spacial score (nSPS) is 17.7. The smallest absolute Gasteiger partial charge is 0.185 e. The summed E-state index contributed by atoms with van der Waals surface area (Å²) in [5.74, 6) is 0. The number of aromatic nitrogens is 1. The molecule has 0 atom stereocenters. The van der Waals surface area contributed by atoms with Crippen molar-refractivity contribution in [3.05, 3.63) is 11.1 Å². The zero-order valence-corrected chi connectivity index (χ0v) is 12.1. The monoisotopic (exact) mass is 269 g/mol. The number of likely N-dealkylation sites (N-methyl/N-ethyl adjacent to an activating group) is 1. The van der Waals surface area contributed by atoms with Crippen LogP contribution >= 0.6 is 11.3 Å². The maximum Gasteiger partial charge on any atom is 0.185 e. The maximum absolute atomic E-state index is 5.62. The zero-order chi connectivity index (χ0) is 13.0. The van der Waals surface area contributed by atoms with Crippen LogP contribution in [0, 0.1) is 0 Å². The third-order valence-corrected chi connectivity index (χ3v) is 4.33. The van der Waals surface area contributed by atoms with Gasteiger partial charge in [0.1, 0.15) is 0 Å². The van der Waals surface area contributed by atoms with Crippen molar-refractivity contribution in [2.45, 2.75) is 6.54 Å². The van der Waals surface area contributed by atoms with Crippen molar-refractivity contribution in [2.75, 3.05) is 58.3 Å². The molecule has 0 radical (unpaired) electrons. The van der Waals surface area contributed by atoms with E-state index in [2.05, 4.69) is 33.8 Å². The minimum absolute atomic E-state index is 0.598. The van der Waals surface area contributed by atoms with E-state index in [9.17, 15) is 0 Å². The third kappa shape index (κ3) is 3.65. The van der Waals surface area contributed by atoms with Gasteiger partial charge in [0, 0.05) is 56.9 Å². The highest BCUT2D eigenvalue weighted by Gasteiger charge is 2.18. The Balaban J connectivity index is 1.79. The number of hydrogen-bond acceptors (Lipinski definition) is 6. The highest BCUT2D eigenvalue weighted by Crippen LogP contribution is 2.23. The Morgan fingerprint density at radius 1 is 1.33 bits per heavy atom. The van der Waals surface area contributed by atoms with Gasteiger partial charge in [0.15, 0.2) is 5.13 Å². The van der Waals surface area contributed by atoms with Gasteiger partial charge in [-0.1, -0.05) is 0 Å². The highest BCUT2D eigenvalue weighted by atomic mass is 32.1. The summed E-state index contributed by atoms with van der Waals surface area (Å²) in [5.41, 5.74) is 5.62. The van der Waals surface area contributed by atoms with Crippen molar-refractivity contribution in [2.24, 2.45) is 5.73 Å². The second-order valence-corrected chi connectivity index (χ2v) is 6.04. The van der Waals surface area contributed by atoms with Gasteiger partial charge < -0.3 is 15.5 Å². The van der Waals surface area contributed by atoms with E-state index in [4.69, 9.17) is 5.73 Å². The summed E-state index contributed by atoms with van der Waals surface area (Å²) in [5, 5.41) is 1.13. The largest absolute Gasteiger partial charge is 0.346 e. The third-order valence-electron chi connectivity index (χ3n) is 3.25. The maximum atomic E-state index is 5.62. The molecule has 0 unspecified atom stereocenters. The number of rotatable bonds is 5. The Hall–Kier alpha value is -0.690. The first-order chi connectivity index (χ1) is 8.69. The second-order valence-electron chi connectivity index (χ2n) is 4.95. The molecular weight excluding hydrogens is 246 g/mol. The Bertz CT molecular complexity index is 357. The van der Waals surface area contributed by atoms with Gasteiger partial charge in [0.25, 0.3) is 0 Å². The van der Waals surface area contributed by atoms with E-state index in [1.165, 1.54) is 4.88 Å². The Labute approximate surface area is 113 Å². The number of piperazine rings is 1. The summed E-state index contributed by atoms with van der Waals surface area (Å²) < 4.78 is 0. The fourth-order valence-electron chi connectivity index (χ4n) is 2.04. The summed E-state index contributed by atoms with van der Waals surface area (Å²) >= 11 is 1.72. The van der Waals surface area contributed by atoms with Crippen molar-refractivity contribution in [3.63, 3.8) is 0 Å². The number of hydrogen-bond donors (Lipinski definition) is 1. The first-order valence-electron chi connectivity index (χ1n) is 6.46. The molecule has 5 nitrogen and oxygen atoms in total. The van der Waals surface area contributed by atoms with E-state index in [1.54, 1.807) is 11.3 Å². The van der Waals surface area contributed by atoms with Gasteiger partial charge in [-0.25, -0.2) is 4.98 Å². The van der Waals surface area contributed by atoms with Crippen LogP contribution in [0.1, 0.15) is 4.88 Å². The van der Waals surface area contributed by atoms with E-state index in [0.717, 1.165) is 44.4 Å². The van der Waals surface area contributed by atoms with Gasteiger partial charge in [0.2, 0.25) is 0 Å². The lowest BCUT2D eigenvalue weighted by Crippen LogP contribution is -2.48. The molecule has 1 saturated heterocycles. The predicted molar refractivity (Wildman–Crippen MR) is 77.2 cm³/mol. The molecule has 2 rings (SSSR count). The predicted octanol–water partition coefficient (Wildman–Crippen LogP) is 0.285. The minimum atomic E-state index is 0.598. The first kappa shape index (κ1) is 13.7. The lowest BCUT2D eigenvalue weighted by molar-refractivity contribution is 0.229. The standard InChI is InChI=1S/C12H23N5S/c1-15(2)3-4-16-5-7-17(8-6-16)12-14-10-11(9-13)18-12/h10H,3-9,13H2,1-2H3. The molecule has 0 bridgehead atoms. The minimum Gasteiger partial charge on any atom is -0.346 e. The fraction of sp³-hybridized carbons (Fsp3) is 0.750. The average Bonchev–Trinajstić information content (AvgIpc) is 2.85. The average molecular weight is 269 g/mol. The molecule has 1 aromatic rings. The highest BCUT2D eigenvalue weighted by molar-refractivity contribution is 7.15. The SMILES string of the molecule is CN(C)CCN1CCN(c2ncc(CN)s2)CC1. The van der Waals surface area contributed by atoms with Crippen molar-refractivity contribution in [1.82, 2.24) is 14.8 Å². The number of nitrogens with two attached hydrogens (primary N) is 1. The second kappa shape index (κ2) is 6.47. The molecule has 2 heterocycles. The number of nitrogens with zero attached hydrogens (tertiary/aromatic N) is 4. The van der Waals surface area contributed by atoms with E-state index in [-0.39, 0.29) is 0 Å². The van der Waals surface area contributed by atoms with E-state index < -0.39 is 0 Å². The van der Waals surface area contributed by atoms with Gasteiger partial charge >= 0.3 is 0 Å². The molecule has 0 aromatic carbocycles. The molecule has 0 aliphatic carbocycles. The summed E-state index contributed by atoms with van der Waals surface area (Å²) in [7, 11) is 4.25. The molecule has 0 saturated carbocycles. The van der Waals surface area contributed by atoms with Gasteiger partial charge in [-0.2, -0.15) is 0 Å².